The van der Waals surface area contributed by atoms with Crippen molar-refractivity contribution < 1.29 is 24.2 Å². The van der Waals surface area contributed by atoms with Gasteiger partial charge in [-0.1, -0.05) is 34.6 Å². The predicted molar refractivity (Wildman–Crippen MR) is 87.4 cm³/mol. The van der Waals surface area contributed by atoms with Crippen LogP contribution in [0.5, 0.6) is 0 Å². The minimum absolute atomic E-state index is 0.103. The fraction of sp³-hybridized carbons (Fsp3) is 0.882. The van der Waals surface area contributed by atoms with Crippen molar-refractivity contribution in [3.8, 4) is 0 Å². The second-order valence-corrected chi connectivity index (χ2v) is 5.22. The average molecular weight is 318 g/mol. The highest BCUT2D eigenvalue weighted by atomic mass is 16.5. The number of hydrogen-bond donors (Lipinski definition) is 1. The van der Waals surface area contributed by atoms with Crippen LogP contribution in [0.4, 0.5) is 0 Å². The maximum absolute atomic E-state index is 12.0. The van der Waals surface area contributed by atoms with Crippen molar-refractivity contribution in [1.82, 2.24) is 0 Å². The molecule has 0 radical (unpaired) electrons. The first-order chi connectivity index (χ1) is 10.4. The summed E-state index contributed by atoms with van der Waals surface area (Å²) < 4.78 is 9.84. The van der Waals surface area contributed by atoms with Gasteiger partial charge in [0.1, 0.15) is 0 Å². The molecule has 5 heteroatoms. The van der Waals surface area contributed by atoms with Crippen molar-refractivity contribution in [2.75, 3.05) is 20.3 Å². The van der Waals surface area contributed by atoms with Gasteiger partial charge in [0.2, 0.25) is 0 Å². The van der Waals surface area contributed by atoms with E-state index in [4.69, 9.17) is 9.47 Å². The fourth-order valence-electron chi connectivity index (χ4n) is 2.69. The number of carbonyl (C=O) groups excluding carboxylic acids is 2. The summed E-state index contributed by atoms with van der Waals surface area (Å²) in [5.41, 5.74) is -1.46. The summed E-state index contributed by atoms with van der Waals surface area (Å²) in [6.07, 6.45) is 1.81. The van der Waals surface area contributed by atoms with Crippen molar-refractivity contribution in [2.24, 2.45) is 10.8 Å². The van der Waals surface area contributed by atoms with Crippen LogP contribution in [0.25, 0.3) is 0 Å². The molecule has 2 unspecified atom stereocenters. The Labute approximate surface area is 135 Å². The van der Waals surface area contributed by atoms with Gasteiger partial charge in [0.15, 0.2) is 0 Å². The van der Waals surface area contributed by atoms with Gasteiger partial charge in [-0.3, -0.25) is 9.59 Å². The lowest BCUT2D eigenvalue weighted by atomic mass is 9.68. The number of aliphatic hydroxyl groups excluding tert-OH is 1. The Morgan fingerprint density at radius 3 is 2.23 bits per heavy atom. The molecule has 1 N–H and O–H groups in total. The molecule has 0 aliphatic carbocycles. The van der Waals surface area contributed by atoms with Gasteiger partial charge in [0.05, 0.1) is 24.5 Å². The van der Waals surface area contributed by atoms with E-state index in [1.165, 1.54) is 7.11 Å². The quantitative estimate of drug-likeness (QED) is 0.760. The van der Waals surface area contributed by atoms with Gasteiger partial charge >= 0.3 is 11.9 Å². The third-order valence-electron chi connectivity index (χ3n) is 3.99. The van der Waals surface area contributed by atoms with Gasteiger partial charge in [-0.05, 0) is 32.6 Å². The van der Waals surface area contributed by atoms with Crippen LogP contribution in [0.1, 0.15) is 67.2 Å². The first-order valence-electron chi connectivity index (χ1n) is 8.30. The Balaban J connectivity index is 0. The zero-order valence-corrected chi connectivity index (χ0v) is 15.3. The minimum Gasteiger partial charge on any atom is -0.469 e. The van der Waals surface area contributed by atoms with E-state index in [0.717, 1.165) is 0 Å². The van der Waals surface area contributed by atoms with Gasteiger partial charge in [-0.15, -0.1) is 0 Å². The van der Waals surface area contributed by atoms with Gasteiger partial charge < -0.3 is 14.6 Å². The van der Waals surface area contributed by atoms with Crippen molar-refractivity contribution in [3.05, 3.63) is 0 Å². The number of aliphatic hydroxyl groups is 1. The monoisotopic (exact) mass is 318 g/mol. The van der Waals surface area contributed by atoms with Crippen LogP contribution in [0, 0.1) is 10.8 Å². The normalized spacial score (nSPS) is 22.3. The number of hydrogen-bond acceptors (Lipinski definition) is 5. The SMILES string of the molecule is CC.CC.CCC(CCO)(CC1(C)CCOC1=O)C(=O)OC. The molecule has 0 bridgehead atoms. The summed E-state index contributed by atoms with van der Waals surface area (Å²) in [7, 11) is 1.33. The Hall–Kier alpha value is -1.10. The molecule has 0 spiro atoms. The first kappa shape index (κ1) is 23.2. The van der Waals surface area contributed by atoms with E-state index in [1.807, 2.05) is 41.5 Å². The molecule has 0 amide bonds. The molecule has 1 saturated heterocycles. The molecule has 1 fully saturated rings. The molecule has 0 aromatic carbocycles. The largest absolute Gasteiger partial charge is 0.469 e. The summed E-state index contributed by atoms with van der Waals surface area (Å²) in [6, 6.07) is 0. The molecule has 1 aliphatic rings. The lowest BCUT2D eigenvalue weighted by Gasteiger charge is -2.34. The molecule has 2 atom stereocenters. The highest BCUT2D eigenvalue weighted by Crippen LogP contribution is 2.45. The van der Waals surface area contributed by atoms with Crippen molar-refractivity contribution >= 4 is 11.9 Å². The molecule has 5 nitrogen and oxygen atoms in total. The topological polar surface area (TPSA) is 72.8 Å². The standard InChI is InChI=1S/C13H22O5.2C2H6/c1-4-13(5-7-14,11(16)17-3)9-12(2)6-8-18-10(12)15;2*1-2/h14H,4-9H2,1-3H3;2*1-2H3. The van der Waals surface area contributed by atoms with Crippen LogP contribution >= 0.6 is 0 Å². The molecule has 1 rings (SSSR count). The summed E-state index contributed by atoms with van der Waals surface area (Å²) in [5.74, 6) is -0.623. The fourth-order valence-corrected chi connectivity index (χ4v) is 2.69. The van der Waals surface area contributed by atoms with Crippen LogP contribution in [0.3, 0.4) is 0 Å². The highest BCUT2D eigenvalue weighted by molar-refractivity contribution is 5.81. The van der Waals surface area contributed by atoms with Crippen LogP contribution in [0.15, 0.2) is 0 Å². The van der Waals surface area contributed by atoms with Gasteiger partial charge in [-0.25, -0.2) is 0 Å². The molecule has 1 aliphatic heterocycles. The molecular weight excluding hydrogens is 284 g/mol. The number of methoxy groups -OCH3 is 1. The van der Waals surface area contributed by atoms with E-state index < -0.39 is 10.8 Å². The van der Waals surface area contributed by atoms with Crippen molar-refractivity contribution in [3.63, 3.8) is 0 Å². The molecule has 132 valence electrons. The van der Waals surface area contributed by atoms with Crippen LogP contribution in [-0.4, -0.2) is 37.4 Å². The Bertz CT molecular complexity index is 329. The molecule has 0 saturated carbocycles. The van der Waals surface area contributed by atoms with Crippen LogP contribution in [0.2, 0.25) is 0 Å². The summed E-state index contributed by atoms with van der Waals surface area (Å²) in [6.45, 7) is 12.0. The molecule has 0 aromatic rings. The van der Waals surface area contributed by atoms with Gasteiger partial charge in [0.25, 0.3) is 0 Å². The van der Waals surface area contributed by atoms with E-state index in [2.05, 4.69) is 0 Å². The number of carbonyl (C=O) groups is 2. The van der Waals surface area contributed by atoms with E-state index in [0.29, 0.717) is 32.3 Å². The van der Waals surface area contributed by atoms with Gasteiger partial charge in [-0.2, -0.15) is 0 Å². The zero-order valence-electron chi connectivity index (χ0n) is 15.3. The number of ether oxygens (including phenoxy) is 2. The zero-order chi connectivity index (χ0) is 17.8. The lowest BCUT2D eigenvalue weighted by Crippen LogP contribution is -2.40. The number of rotatable bonds is 6. The van der Waals surface area contributed by atoms with Crippen LogP contribution < -0.4 is 0 Å². The molecular formula is C17H34O5. The van der Waals surface area contributed by atoms with E-state index in [-0.39, 0.29) is 18.5 Å². The Morgan fingerprint density at radius 2 is 1.91 bits per heavy atom. The second-order valence-electron chi connectivity index (χ2n) is 5.22. The Morgan fingerprint density at radius 1 is 1.36 bits per heavy atom. The molecule has 22 heavy (non-hydrogen) atoms. The highest BCUT2D eigenvalue weighted by Gasteiger charge is 2.49. The van der Waals surface area contributed by atoms with Crippen LogP contribution in [-0.2, 0) is 19.1 Å². The third-order valence-corrected chi connectivity index (χ3v) is 3.99. The van der Waals surface area contributed by atoms with Crippen molar-refractivity contribution in [1.29, 1.82) is 0 Å². The van der Waals surface area contributed by atoms with E-state index in [9.17, 15) is 14.7 Å². The summed E-state index contributed by atoms with van der Waals surface area (Å²) in [4.78, 5) is 23.8. The minimum atomic E-state index is -0.804. The van der Waals surface area contributed by atoms with E-state index in [1.54, 1.807) is 0 Å². The lowest BCUT2D eigenvalue weighted by molar-refractivity contribution is -0.159. The average Bonchev–Trinajstić information content (AvgIpc) is 2.88. The smallest absolute Gasteiger partial charge is 0.311 e. The maximum atomic E-state index is 12.0. The third kappa shape index (κ3) is 5.59. The Kier molecular flexibility index (Phi) is 12.1. The number of cyclic esters (lactones) is 1. The number of esters is 2. The first-order valence-corrected chi connectivity index (χ1v) is 8.30. The van der Waals surface area contributed by atoms with E-state index >= 15 is 0 Å². The second kappa shape index (κ2) is 11.5. The van der Waals surface area contributed by atoms with Crippen molar-refractivity contribution in [2.45, 2.75) is 67.2 Å². The summed E-state index contributed by atoms with van der Waals surface area (Å²) >= 11 is 0. The maximum Gasteiger partial charge on any atom is 0.311 e. The molecule has 1 heterocycles. The van der Waals surface area contributed by atoms with Gasteiger partial charge in [0, 0.05) is 6.61 Å². The summed E-state index contributed by atoms with van der Waals surface area (Å²) in [5, 5.41) is 9.18. The molecule has 0 aromatic heterocycles. The predicted octanol–water partition coefficient (Wildman–Crippen LogP) is 3.33.